The number of phenols is 1. The summed E-state index contributed by atoms with van der Waals surface area (Å²) in [4.78, 5) is 32.9. The van der Waals surface area contributed by atoms with Crippen molar-refractivity contribution in [2.24, 2.45) is 5.92 Å². The summed E-state index contributed by atoms with van der Waals surface area (Å²) < 4.78 is 41.3. The Hall–Kier alpha value is -4.17. The first-order chi connectivity index (χ1) is 23.6. The normalized spacial score (nSPS) is 18.3. The standard InChI is InChI=1S/C39H46F2N2O5Si2/c1-49(2,3)47-26-35(27-10-8-7-9-11-27)43-38(45)34(24-25-36(48-50(4,5)6)28-12-16-30(40)17-13-28)37(29-14-22-33(44)23-15-29)42(39(43)46)32-20-18-31(41)19-21-32/h7-23,34-37,44H,24-26H2,1-6H3/t34-,35-,36+,37-/m1/s1. The van der Waals surface area contributed by atoms with Crippen LogP contribution in [0.5, 0.6) is 5.75 Å². The predicted molar refractivity (Wildman–Crippen MR) is 197 cm³/mol. The molecule has 1 N–H and O–H groups in total. The van der Waals surface area contributed by atoms with E-state index in [4.69, 9.17) is 8.85 Å². The quantitative estimate of drug-likeness (QED) is 0.139. The first kappa shape index (κ1) is 37.1. The highest BCUT2D eigenvalue weighted by Crippen LogP contribution is 2.45. The first-order valence-electron chi connectivity index (χ1n) is 16.9. The summed E-state index contributed by atoms with van der Waals surface area (Å²) in [6, 6.07) is 25.6. The number of amides is 3. The third-order valence-corrected chi connectivity index (χ3v) is 10.6. The maximum atomic E-state index is 15.1. The van der Waals surface area contributed by atoms with Gasteiger partial charge in [0.1, 0.15) is 17.4 Å². The molecule has 0 spiro atoms. The molecule has 1 aliphatic rings. The molecular weight excluding hydrogens is 671 g/mol. The smallest absolute Gasteiger partial charge is 0.332 e. The van der Waals surface area contributed by atoms with E-state index in [-0.39, 0.29) is 24.1 Å². The monoisotopic (exact) mass is 716 g/mol. The Morgan fingerprint density at radius 1 is 0.740 bits per heavy atom. The highest BCUT2D eigenvalue weighted by Gasteiger charge is 2.50. The van der Waals surface area contributed by atoms with Crippen LogP contribution in [0.3, 0.4) is 0 Å². The molecule has 0 aliphatic carbocycles. The van der Waals surface area contributed by atoms with Gasteiger partial charge in [-0.2, -0.15) is 0 Å². The predicted octanol–water partition coefficient (Wildman–Crippen LogP) is 9.76. The van der Waals surface area contributed by atoms with Gasteiger partial charge in [0.15, 0.2) is 16.6 Å². The number of carbonyl (C=O) groups excluding carboxylic acids is 2. The third-order valence-electron chi connectivity index (χ3n) is 8.61. The van der Waals surface area contributed by atoms with Crippen molar-refractivity contribution < 1.29 is 32.3 Å². The van der Waals surface area contributed by atoms with E-state index >= 15 is 4.79 Å². The van der Waals surface area contributed by atoms with Crippen LogP contribution in [-0.2, 0) is 13.6 Å². The molecule has 0 aromatic heterocycles. The minimum Gasteiger partial charge on any atom is -0.508 e. The van der Waals surface area contributed by atoms with Crippen molar-refractivity contribution in [2.45, 2.75) is 70.3 Å². The lowest BCUT2D eigenvalue weighted by Gasteiger charge is -2.48. The van der Waals surface area contributed by atoms with E-state index in [1.807, 2.05) is 30.3 Å². The maximum absolute atomic E-state index is 15.1. The number of nitrogens with zero attached hydrogens (tertiary/aromatic N) is 2. The summed E-state index contributed by atoms with van der Waals surface area (Å²) in [6.45, 7) is 12.5. The van der Waals surface area contributed by atoms with Gasteiger partial charge in [-0.15, -0.1) is 0 Å². The lowest BCUT2D eigenvalue weighted by atomic mass is 9.82. The Bertz CT molecular complexity index is 1750. The Balaban J connectivity index is 1.66. The largest absolute Gasteiger partial charge is 0.508 e. The van der Waals surface area contributed by atoms with Crippen molar-refractivity contribution >= 4 is 34.3 Å². The molecule has 4 atom stereocenters. The Morgan fingerprint density at radius 3 is 1.88 bits per heavy atom. The van der Waals surface area contributed by atoms with Crippen LogP contribution in [0.25, 0.3) is 0 Å². The zero-order valence-electron chi connectivity index (χ0n) is 29.5. The molecule has 1 aliphatic heterocycles. The van der Waals surface area contributed by atoms with E-state index in [9.17, 15) is 18.7 Å². The van der Waals surface area contributed by atoms with E-state index in [0.29, 0.717) is 24.1 Å². The summed E-state index contributed by atoms with van der Waals surface area (Å²) in [5, 5.41) is 10.2. The number of benzene rings is 4. The SMILES string of the molecule is C[Si](C)(C)OC[C@H](c1ccccc1)N1C(=O)[C@H](CC[C@H](O[Si](C)(C)C)c2ccc(F)cc2)[C@@H](c2ccc(O)cc2)N(c2ccc(F)cc2)C1=O. The molecule has 4 aromatic carbocycles. The fraction of sp³-hybridized carbons (Fsp3) is 0.333. The molecule has 1 saturated heterocycles. The number of anilines is 1. The number of phenolic OH excluding ortho intramolecular Hbond substituents is 1. The Morgan fingerprint density at radius 2 is 1.32 bits per heavy atom. The van der Waals surface area contributed by atoms with Crippen LogP contribution in [0.2, 0.25) is 39.3 Å². The van der Waals surface area contributed by atoms with E-state index in [2.05, 4.69) is 39.3 Å². The zero-order valence-corrected chi connectivity index (χ0v) is 31.5. The highest BCUT2D eigenvalue weighted by atomic mass is 28.4. The average molecular weight is 717 g/mol. The molecule has 1 fully saturated rings. The Labute approximate surface area is 295 Å². The van der Waals surface area contributed by atoms with Gasteiger partial charge in [-0.05, 0) is 117 Å². The number of rotatable bonds is 13. The molecule has 11 heteroatoms. The van der Waals surface area contributed by atoms with Gasteiger partial charge < -0.3 is 14.0 Å². The zero-order chi connectivity index (χ0) is 36.2. The van der Waals surface area contributed by atoms with Gasteiger partial charge in [-0.3, -0.25) is 14.6 Å². The summed E-state index contributed by atoms with van der Waals surface area (Å²) in [6.07, 6.45) is 0.275. The molecule has 1 heterocycles. The van der Waals surface area contributed by atoms with Crippen molar-refractivity contribution in [2.75, 3.05) is 11.5 Å². The maximum Gasteiger partial charge on any atom is 0.332 e. The molecule has 264 valence electrons. The second kappa shape index (κ2) is 15.4. The van der Waals surface area contributed by atoms with Crippen LogP contribution in [0.4, 0.5) is 19.3 Å². The summed E-state index contributed by atoms with van der Waals surface area (Å²) >= 11 is 0. The molecular formula is C39H46F2N2O5Si2. The van der Waals surface area contributed by atoms with Crippen molar-refractivity contribution in [3.63, 3.8) is 0 Å². The van der Waals surface area contributed by atoms with Crippen LogP contribution >= 0.6 is 0 Å². The van der Waals surface area contributed by atoms with E-state index < -0.39 is 52.6 Å². The summed E-state index contributed by atoms with van der Waals surface area (Å²) in [5.74, 6) is -1.92. The van der Waals surface area contributed by atoms with E-state index in [1.165, 1.54) is 53.4 Å². The number of urea groups is 1. The van der Waals surface area contributed by atoms with Crippen molar-refractivity contribution in [1.29, 1.82) is 0 Å². The van der Waals surface area contributed by atoms with Gasteiger partial charge in [0.25, 0.3) is 0 Å². The molecule has 0 bridgehead atoms. The van der Waals surface area contributed by atoms with E-state index in [1.54, 1.807) is 29.2 Å². The second-order valence-corrected chi connectivity index (χ2v) is 23.7. The summed E-state index contributed by atoms with van der Waals surface area (Å²) in [5.41, 5.74) is 2.60. The van der Waals surface area contributed by atoms with E-state index in [0.717, 1.165) is 11.1 Å². The summed E-state index contributed by atoms with van der Waals surface area (Å²) in [7, 11) is -4.22. The molecule has 0 unspecified atom stereocenters. The number of aromatic hydroxyl groups is 1. The fourth-order valence-electron chi connectivity index (χ4n) is 6.37. The molecule has 4 aromatic rings. The fourth-order valence-corrected chi connectivity index (χ4v) is 8.13. The van der Waals surface area contributed by atoms with Crippen molar-refractivity contribution in [3.05, 3.63) is 131 Å². The molecule has 5 rings (SSSR count). The second-order valence-electron chi connectivity index (χ2n) is 14.7. The molecule has 3 amide bonds. The average Bonchev–Trinajstić information content (AvgIpc) is 3.06. The topological polar surface area (TPSA) is 79.3 Å². The van der Waals surface area contributed by atoms with Gasteiger partial charge in [0.05, 0.1) is 30.7 Å². The highest BCUT2D eigenvalue weighted by molar-refractivity contribution is 6.70. The van der Waals surface area contributed by atoms with Gasteiger partial charge in [0, 0.05) is 5.69 Å². The number of halogens is 2. The molecule has 0 saturated carbocycles. The number of hydrogen-bond acceptors (Lipinski definition) is 5. The molecule has 7 nitrogen and oxygen atoms in total. The molecule has 0 radical (unpaired) electrons. The number of hydrogen-bond donors (Lipinski definition) is 1. The number of carbonyl (C=O) groups is 2. The first-order valence-corrected chi connectivity index (χ1v) is 23.8. The minimum atomic E-state index is -2.12. The lowest BCUT2D eigenvalue weighted by molar-refractivity contribution is -0.138. The van der Waals surface area contributed by atoms with Crippen LogP contribution in [0.1, 0.15) is 47.7 Å². The lowest BCUT2D eigenvalue weighted by Crippen LogP contribution is -2.60. The van der Waals surface area contributed by atoms with Gasteiger partial charge in [0.2, 0.25) is 5.91 Å². The van der Waals surface area contributed by atoms with Crippen LogP contribution in [0, 0.1) is 17.6 Å². The number of imide groups is 1. The van der Waals surface area contributed by atoms with Crippen LogP contribution in [0.15, 0.2) is 103 Å². The van der Waals surface area contributed by atoms with Crippen molar-refractivity contribution in [3.8, 4) is 5.75 Å². The Kier molecular flexibility index (Phi) is 11.4. The van der Waals surface area contributed by atoms with Crippen molar-refractivity contribution in [1.82, 2.24) is 4.90 Å². The third kappa shape index (κ3) is 9.13. The van der Waals surface area contributed by atoms with Crippen LogP contribution < -0.4 is 4.90 Å². The van der Waals surface area contributed by atoms with Gasteiger partial charge in [-0.1, -0.05) is 54.6 Å². The minimum absolute atomic E-state index is 0.0428. The molecule has 50 heavy (non-hydrogen) atoms. The van der Waals surface area contributed by atoms with Gasteiger partial charge >= 0.3 is 6.03 Å². The van der Waals surface area contributed by atoms with Gasteiger partial charge in [-0.25, -0.2) is 13.6 Å². The van der Waals surface area contributed by atoms with Crippen LogP contribution in [-0.4, -0.2) is 45.2 Å².